The van der Waals surface area contributed by atoms with Gasteiger partial charge in [-0.2, -0.15) is 0 Å². The predicted octanol–water partition coefficient (Wildman–Crippen LogP) is 3.21. The average Bonchev–Trinajstić information content (AvgIpc) is 3.76. The number of likely N-dealkylation sites (tertiary alicyclic amines) is 1. The van der Waals surface area contributed by atoms with Gasteiger partial charge in [-0.15, -0.1) is 0 Å². The highest BCUT2D eigenvalue weighted by Crippen LogP contribution is 2.28. The van der Waals surface area contributed by atoms with Gasteiger partial charge in [0, 0.05) is 44.6 Å². The molecule has 1 aromatic carbocycles. The molecule has 2 aliphatic rings. The number of unbranched alkanes of at least 4 members (excludes halogenated alkanes) is 5. The number of ketones is 3. The molecule has 0 radical (unpaired) electrons. The van der Waals surface area contributed by atoms with Gasteiger partial charge in [0.2, 0.25) is 29.5 Å². The Morgan fingerprint density at radius 3 is 2.17 bits per heavy atom. The van der Waals surface area contributed by atoms with Crippen molar-refractivity contribution >= 4 is 55.6 Å². The molecule has 0 spiro atoms. The first-order valence-corrected chi connectivity index (χ1v) is 24.0. The lowest BCUT2D eigenvalue weighted by molar-refractivity contribution is -0.139. The van der Waals surface area contributed by atoms with E-state index in [0.29, 0.717) is 45.1 Å². The Morgan fingerprint density at radius 2 is 1.55 bits per heavy atom. The third-order valence-corrected chi connectivity index (χ3v) is 13.0. The minimum atomic E-state index is -1.54. The fraction of sp³-hybridized carbons (Fsp3) is 0.702. The van der Waals surface area contributed by atoms with Crippen LogP contribution < -0.4 is 21.7 Å². The lowest BCUT2D eigenvalue weighted by atomic mass is 9.81. The Bertz CT molecular complexity index is 1730. The molecule has 0 saturated carbocycles. The maximum Gasteiger partial charge on any atom is 0.327 e. The van der Waals surface area contributed by atoms with Crippen molar-refractivity contribution in [3.05, 3.63) is 35.9 Å². The van der Waals surface area contributed by atoms with Crippen molar-refractivity contribution in [2.45, 2.75) is 174 Å². The molecule has 18 nitrogen and oxygen atoms in total. The second-order valence-electron chi connectivity index (χ2n) is 18.1. The van der Waals surface area contributed by atoms with Crippen molar-refractivity contribution in [1.29, 1.82) is 0 Å². The SMILES string of the molecule is CC(=O)N1CCC[C@H]1C(=O)N[C@@H](CC(C)C)C(=O)C[C@H]1C[C@H](CCCCCCCCc2ccccc2)C(=O)CCCC[C@@H](C(N)=O)NC(=O)[C@H]([C@@H](C)OP=O)CC(=O)[C@H](CO)NC1=O.O.O. The van der Waals surface area contributed by atoms with Gasteiger partial charge in [0.25, 0.3) is 0 Å². The van der Waals surface area contributed by atoms with E-state index in [4.69, 9.17) is 10.3 Å². The van der Waals surface area contributed by atoms with Gasteiger partial charge in [-0.25, -0.2) is 4.57 Å². The van der Waals surface area contributed by atoms with Crippen molar-refractivity contribution in [2.24, 2.45) is 29.4 Å². The number of amides is 5. The summed E-state index contributed by atoms with van der Waals surface area (Å²) in [6, 6.07) is 5.88. The van der Waals surface area contributed by atoms with E-state index in [1.165, 1.54) is 24.3 Å². The number of primary amides is 1. The van der Waals surface area contributed by atoms with Crippen molar-refractivity contribution in [2.75, 3.05) is 13.2 Å². The Labute approximate surface area is 390 Å². The summed E-state index contributed by atoms with van der Waals surface area (Å²) in [5.74, 6) is -7.59. The summed E-state index contributed by atoms with van der Waals surface area (Å²) in [5.41, 5.74) is 6.94. The van der Waals surface area contributed by atoms with E-state index in [1.54, 1.807) is 0 Å². The van der Waals surface area contributed by atoms with Crippen molar-refractivity contribution in [1.82, 2.24) is 20.9 Å². The summed E-state index contributed by atoms with van der Waals surface area (Å²) in [6.45, 7) is 6.14. The molecule has 19 heteroatoms. The summed E-state index contributed by atoms with van der Waals surface area (Å²) in [4.78, 5) is 110. The van der Waals surface area contributed by atoms with E-state index in [0.717, 1.165) is 38.5 Å². The van der Waals surface area contributed by atoms with Crippen LogP contribution >= 0.6 is 8.69 Å². The number of hydrogen-bond donors (Lipinski definition) is 5. The molecule has 372 valence electrons. The van der Waals surface area contributed by atoms with Crippen molar-refractivity contribution in [3.63, 3.8) is 0 Å². The van der Waals surface area contributed by atoms with Crippen LogP contribution in [-0.4, -0.2) is 111 Å². The van der Waals surface area contributed by atoms with E-state index in [1.807, 2.05) is 32.0 Å². The fourth-order valence-electron chi connectivity index (χ4n) is 8.83. The van der Waals surface area contributed by atoms with Crippen LogP contribution in [0.15, 0.2) is 30.3 Å². The monoisotopic (exact) mass is 950 g/mol. The topological polar surface area (TPSA) is 311 Å². The first-order chi connectivity index (χ1) is 30.6. The van der Waals surface area contributed by atoms with Gasteiger partial charge >= 0.3 is 8.69 Å². The van der Waals surface area contributed by atoms with Crippen LogP contribution in [0.1, 0.15) is 142 Å². The molecular weight excluding hydrogens is 874 g/mol. The molecule has 2 fully saturated rings. The number of hydrogen-bond acceptors (Lipinski definition) is 11. The maximum atomic E-state index is 14.4. The van der Waals surface area contributed by atoms with Crippen LogP contribution in [0.5, 0.6) is 0 Å². The largest absolute Gasteiger partial charge is 0.412 e. The van der Waals surface area contributed by atoms with Crippen molar-refractivity contribution in [3.8, 4) is 0 Å². The second kappa shape index (κ2) is 31.5. The molecule has 2 saturated heterocycles. The highest BCUT2D eigenvalue weighted by molar-refractivity contribution is 7.17. The fourth-order valence-corrected chi connectivity index (χ4v) is 9.11. The average molecular weight is 950 g/mol. The van der Waals surface area contributed by atoms with E-state index < -0.39 is 105 Å². The molecule has 0 unspecified atom stereocenters. The quantitative estimate of drug-likeness (QED) is 0.0880. The minimum Gasteiger partial charge on any atom is -0.412 e. The van der Waals surface area contributed by atoms with Gasteiger partial charge in [-0.1, -0.05) is 82.7 Å². The van der Waals surface area contributed by atoms with Crippen LogP contribution in [0.25, 0.3) is 0 Å². The molecule has 1 aromatic rings. The van der Waals surface area contributed by atoms with Gasteiger partial charge in [0.05, 0.1) is 24.7 Å². The number of Topliss-reactive ketones (excluding diaryl/α,β-unsaturated/α-hetero) is 3. The molecule has 66 heavy (non-hydrogen) atoms. The number of nitrogens with one attached hydrogen (secondary N) is 3. The van der Waals surface area contributed by atoms with Crippen LogP contribution in [0, 0.1) is 23.7 Å². The number of nitrogens with two attached hydrogens (primary N) is 1. The Kier molecular flexibility index (Phi) is 28.4. The lowest BCUT2D eigenvalue weighted by Crippen LogP contribution is -2.52. The maximum absolute atomic E-state index is 14.4. The van der Waals surface area contributed by atoms with Crippen LogP contribution in [-0.2, 0) is 53.9 Å². The number of carbonyl (C=O) groups is 8. The summed E-state index contributed by atoms with van der Waals surface area (Å²) in [5, 5.41) is 18.4. The number of aryl methyl sites for hydroxylation is 1. The molecule has 5 amide bonds. The lowest BCUT2D eigenvalue weighted by Gasteiger charge is -2.28. The second-order valence-corrected chi connectivity index (χ2v) is 18.4. The predicted molar refractivity (Wildman–Crippen MR) is 248 cm³/mol. The number of benzene rings is 1. The third kappa shape index (κ3) is 20.2. The third-order valence-electron chi connectivity index (χ3n) is 12.6. The van der Waals surface area contributed by atoms with Crippen LogP contribution in [0.2, 0.25) is 0 Å². The highest BCUT2D eigenvalue weighted by atomic mass is 31.1. The normalized spacial score (nSPS) is 23.4. The molecule has 0 bridgehead atoms. The molecule has 2 heterocycles. The number of rotatable bonds is 21. The summed E-state index contributed by atoms with van der Waals surface area (Å²) < 4.78 is 16.5. The van der Waals surface area contributed by atoms with E-state index in [2.05, 4.69) is 28.1 Å². The first-order valence-electron chi connectivity index (χ1n) is 23.2. The minimum absolute atomic E-state index is 0. The zero-order valence-corrected chi connectivity index (χ0v) is 40.1. The molecule has 0 aliphatic carbocycles. The van der Waals surface area contributed by atoms with E-state index in [9.17, 15) is 48.0 Å². The molecule has 2 aliphatic heterocycles. The molecule has 10 N–H and O–H groups in total. The Morgan fingerprint density at radius 1 is 0.879 bits per heavy atom. The number of nitrogens with zero attached hydrogens (tertiary/aromatic N) is 1. The number of carbonyl (C=O) groups excluding carboxylic acids is 8. The number of aliphatic hydroxyl groups excluding tert-OH is 1. The standard InChI is InChI=1S/C47H72N5O11P.2H2O/c1-30(2)25-38(50-47(61)40-22-16-24-52(40)32(4)54)42(56)27-35-26-34(20-13-8-6-5-7-10-17-33-18-11-9-12-19-33)41(55)23-15-14-21-37(44(48)58)49-46(60)36(31(3)63-64-62)28-43(57)39(29-53)51-45(35)59;;/h9,11-12,18-19,30-31,34-40,53H,5-8,10,13-17,20-29H2,1-4H3,(H2,48,58)(H,49,60)(H,50,61)(H,51,59);2*1H2/t31-,34+,35-,36+,37+,38+,39+,40+;;/m1../s1. The molecule has 0 aromatic heterocycles. The van der Waals surface area contributed by atoms with Gasteiger partial charge in [-0.05, 0) is 76.2 Å². The highest BCUT2D eigenvalue weighted by Gasteiger charge is 2.38. The molecule has 3 rings (SSSR count). The molecule has 8 atom stereocenters. The summed E-state index contributed by atoms with van der Waals surface area (Å²) >= 11 is 0. The zero-order chi connectivity index (χ0) is 47.2. The Hall–Kier alpha value is -4.48. The van der Waals surface area contributed by atoms with E-state index >= 15 is 0 Å². The Balaban J connectivity index is 0.0000109. The van der Waals surface area contributed by atoms with E-state index in [-0.39, 0.29) is 60.7 Å². The van der Waals surface area contributed by atoms with Crippen molar-refractivity contribution < 1.29 is 63.5 Å². The summed E-state index contributed by atoms with van der Waals surface area (Å²) in [7, 11) is -0.769. The van der Waals surface area contributed by atoms with Gasteiger partial charge in [0.15, 0.2) is 11.6 Å². The molecular formula is C47H76N5O13P. The first kappa shape index (κ1) is 59.5. The van der Waals surface area contributed by atoms with Crippen LogP contribution in [0.4, 0.5) is 0 Å². The summed E-state index contributed by atoms with van der Waals surface area (Å²) in [6.07, 6.45) is 7.17. The number of aliphatic hydroxyl groups is 1. The zero-order valence-electron chi connectivity index (χ0n) is 39.2. The van der Waals surface area contributed by atoms with Gasteiger partial charge in [-0.3, -0.25) is 42.9 Å². The van der Waals surface area contributed by atoms with Crippen LogP contribution in [0.3, 0.4) is 0 Å². The van der Waals surface area contributed by atoms with Gasteiger partial charge in [0.1, 0.15) is 23.9 Å². The smallest absolute Gasteiger partial charge is 0.327 e. The van der Waals surface area contributed by atoms with Gasteiger partial charge < -0.3 is 42.6 Å².